The third kappa shape index (κ3) is 6.00. The van der Waals surface area contributed by atoms with Gasteiger partial charge in [-0.2, -0.15) is 8.78 Å². The molecule has 1 N–H and O–H groups in total. The first kappa shape index (κ1) is 15.9. The maximum atomic E-state index is 12.0. The molecule has 0 spiro atoms. The van der Waals surface area contributed by atoms with Crippen LogP contribution in [-0.4, -0.2) is 23.4 Å². The lowest BCUT2D eigenvalue weighted by atomic mass is 10.1. The van der Waals surface area contributed by atoms with E-state index in [9.17, 15) is 13.6 Å². The highest BCUT2D eigenvalue weighted by molar-refractivity contribution is 9.09. The number of carbonyl (C=O) groups excluding carboxylic acids is 1. The average Bonchev–Trinajstić information content (AvgIpc) is 2.27. The van der Waals surface area contributed by atoms with Crippen LogP contribution in [0.4, 0.5) is 8.78 Å². The van der Waals surface area contributed by atoms with Crippen LogP contribution in [-0.2, 0) is 0 Å². The second kappa shape index (κ2) is 7.43. The smallest absolute Gasteiger partial charge is 0.387 e. The third-order valence-corrected chi connectivity index (χ3v) is 2.77. The molecular weight excluding hydrogens is 320 g/mol. The molecule has 0 aromatic heterocycles. The number of alkyl halides is 3. The Morgan fingerprint density at radius 3 is 2.37 bits per heavy atom. The van der Waals surface area contributed by atoms with Crippen LogP contribution in [0, 0.1) is 0 Å². The molecule has 0 radical (unpaired) electrons. The molecule has 0 aliphatic carbocycles. The van der Waals surface area contributed by atoms with E-state index in [4.69, 9.17) is 0 Å². The number of carbonyl (C=O) groups is 1. The van der Waals surface area contributed by atoms with Crippen molar-refractivity contribution in [3.8, 4) is 5.75 Å². The number of halogens is 3. The molecule has 0 heterocycles. The van der Waals surface area contributed by atoms with Gasteiger partial charge in [0.15, 0.2) is 0 Å². The van der Waals surface area contributed by atoms with Crippen molar-refractivity contribution < 1.29 is 18.3 Å². The molecule has 3 nitrogen and oxygen atoms in total. The fraction of sp³-hybridized carbons (Fsp3) is 0.462. The van der Waals surface area contributed by atoms with Gasteiger partial charge in [-0.3, -0.25) is 4.79 Å². The van der Waals surface area contributed by atoms with Crippen LogP contribution in [0.15, 0.2) is 24.3 Å². The Morgan fingerprint density at radius 1 is 1.32 bits per heavy atom. The Labute approximate surface area is 119 Å². The first-order valence-electron chi connectivity index (χ1n) is 5.88. The highest BCUT2D eigenvalue weighted by atomic mass is 79.9. The van der Waals surface area contributed by atoms with E-state index in [1.54, 1.807) is 0 Å². The minimum absolute atomic E-state index is 0.0267. The van der Waals surface area contributed by atoms with Gasteiger partial charge >= 0.3 is 6.61 Å². The number of benzene rings is 1. The van der Waals surface area contributed by atoms with Crippen LogP contribution in [0.2, 0.25) is 0 Å². The van der Waals surface area contributed by atoms with E-state index in [2.05, 4.69) is 26.0 Å². The number of rotatable bonds is 6. The van der Waals surface area contributed by atoms with E-state index >= 15 is 0 Å². The molecule has 1 rings (SSSR count). The molecular formula is C13H16BrF2NO2. The lowest BCUT2D eigenvalue weighted by Gasteiger charge is -2.15. The summed E-state index contributed by atoms with van der Waals surface area (Å²) in [5, 5.41) is 2.83. The zero-order valence-electron chi connectivity index (χ0n) is 10.7. The first-order valence-corrected chi connectivity index (χ1v) is 6.80. The van der Waals surface area contributed by atoms with Crippen LogP contribution in [0.3, 0.4) is 0 Å². The maximum Gasteiger partial charge on any atom is 0.387 e. The quantitative estimate of drug-likeness (QED) is 0.807. The van der Waals surface area contributed by atoms with Gasteiger partial charge in [0.2, 0.25) is 0 Å². The lowest BCUT2D eigenvalue weighted by Crippen LogP contribution is -2.33. The maximum absolute atomic E-state index is 12.0. The van der Waals surface area contributed by atoms with E-state index in [0.717, 1.165) is 6.42 Å². The molecule has 0 saturated heterocycles. The van der Waals surface area contributed by atoms with Crippen molar-refractivity contribution in [2.24, 2.45) is 0 Å². The lowest BCUT2D eigenvalue weighted by molar-refractivity contribution is -0.0498. The Hall–Kier alpha value is -1.17. The topological polar surface area (TPSA) is 38.3 Å². The number of amides is 1. The summed E-state index contributed by atoms with van der Waals surface area (Å²) in [5.41, 5.74) is 0.413. The van der Waals surface area contributed by atoms with Gasteiger partial charge in [-0.1, -0.05) is 22.9 Å². The van der Waals surface area contributed by atoms with Gasteiger partial charge in [0.1, 0.15) is 5.75 Å². The molecule has 0 saturated carbocycles. The molecule has 1 aromatic carbocycles. The highest BCUT2D eigenvalue weighted by Crippen LogP contribution is 2.15. The average molecular weight is 336 g/mol. The highest BCUT2D eigenvalue weighted by Gasteiger charge is 2.12. The summed E-state index contributed by atoms with van der Waals surface area (Å²) in [4.78, 5) is 12.2. The summed E-state index contributed by atoms with van der Waals surface area (Å²) in [5.74, 6) is -0.196. The number of ether oxygens (including phenoxy) is 1. The predicted octanol–water partition coefficient (Wildman–Crippen LogP) is 3.58. The van der Waals surface area contributed by atoms with E-state index in [0.29, 0.717) is 10.4 Å². The van der Waals surface area contributed by atoms with Gasteiger partial charge in [0.25, 0.3) is 5.91 Å². The van der Waals surface area contributed by atoms with Crippen molar-refractivity contribution in [2.75, 3.05) is 0 Å². The van der Waals surface area contributed by atoms with Crippen LogP contribution in [0.5, 0.6) is 5.75 Å². The summed E-state index contributed by atoms with van der Waals surface area (Å²) in [6.07, 6.45) is 0.804. The molecule has 1 amide bonds. The molecule has 106 valence electrons. The fourth-order valence-corrected chi connectivity index (χ4v) is 2.20. The van der Waals surface area contributed by atoms with Gasteiger partial charge in [0, 0.05) is 16.4 Å². The Kier molecular flexibility index (Phi) is 6.21. The standard InChI is InChI=1S/C13H16BrF2NO2/c1-8(14)7-9(2)17-12(18)10-3-5-11(6-4-10)19-13(15)16/h3-6,8-9,13H,7H2,1-2H3,(H,17,18). The Balaban J connectivity index is 2.57. The van der Waals surface area contributed by atoms with Gasteiger partial charge in [-0.05, 0) is 37.6 Å². The van der Waals surface area contributed by atoms with Gasteiger partial charge in [-0.25, -0.2) is 0 Å². The number of hydrogen-bond acceptors (Lipinski definition) is 2. The molecule has 6 heteroatoms. The molecule has 0 aliphatic heterocycles. The van der Waals surface area contributed by atoms with Crippen LogP contribution in [0.1, 0.15) is 30.6 Å². The summed E-state index contributed by atoms with van der Waals surface area (Å²) in [6.45, 7) is 1.04. The van der Waals surface area contributed by atoms with Crippen molar-refractivity contribution in [1.29, 1.82) is 0 Å². The van der Waals surface area contributed by atoms with Gasteiger partial charge in [-0.15, -0.1) is 0 Å². The third-order valence-electron chi connectivity index (χ3n) is 2.40. The molecule has 0 aliphatic rings. The van der Waals surface area contributed by atoms with E-state index in [-0.39, 0.29) is 17.7 Å². The first-order chi connectivity index (χ1) is 8.88. The monoisotopic (exact) mass is 335 g/mol. The molecule has 2 atom stereocenters. The van der Waals surface area contributed by atoms with Gasteiger partial charge in [0.05, 0.1) is 0 Å². The molecule has 0 bridgehead atoms. The SMILES string of the molecule is CC(Br)CC(C)NC(=O)c1ccc(OC(F)F)cc1. The summed E-state index contributed by atoms with van der Waals surface area (Å²) < 4.78 is 28.1. The van der Waals surface area contributed by atoms with Crippen molar-refractivity contribution in [1.82, 2.24) is 5.32 Å². The van der Waals surface area contributed by atoms with Gasteiger partial charge < -0.3 is 10.1 Å². The van der Waals surface area contributed by atoms with Crippen LogP contribution >= 0.6 is 15.9 Å². The minimum Gasteiger partial charge on any atom is -0.435 e. The normalized spacial score (nSPS) is 14.0. The molecule has 2 unspecified atom stereocenters. The summed E-state index contributed by atoms with van der Waals surface area (Å²) in [6, 6.07) is 5.63. The number of hydrogen-bond donors (Lipinski definition) is 1. The zero-order valence-corrected chi connectivity index (χ0v) is 12.3. The van der Waals surface area contributed by atoms with E-state index < -0.39 is 6.61 Å². The summed E-state index contributed by atoms with van der Waals surface area (Å²) in [7, 11) is 0. The van der Waals surface area contributed by atoms with E-state index in [1.807, 2.05) is 13.8 Å². The second-order valence-electron chi connectivity index (χ2n) is 4.29. The van der Waals surface area contributed by atoms with Crippen molar-refractivity contribution in [2.45, 2.75) is 37.7 Å². The molecule has 19 heavy (non-hydrogen) atoms. The van der Waals surface area contributed by atoms with Crippen molar-refractivity contribution in [3.05, 3.63) is 29.8 Å². The molecule has 1 aromatic rings. The van der Waals surface area contributed by atoms with Crippen LogP contribution in [0.25, 0.3) is 0 Å². The largest absolute Gasteiger partial charge is 0.435 e. The predicted molar refractivity (Wildman–Crippen MR) is 73.0 cm³/mol. The fourth-order valence-electron chi connectivity index (χ4n) is 1.64. The van der Waals surface area contributed by atoms with Crippen molar-refractivity contribution >= 4 is 21.8 Å². The van der Waals surface area contributed by atoms with E-state index in [1.165, 1.54) is 24.3 Å². The minimum atomic E-state index is -2.86. The Bertz CT molecular complexity index is 410. The van der Waals surface area contributed by atoms with Crippen LogP contribution < -0.4 is 10.1 Å². The zero-order chi connectivity index (χ0) is 14.4. The summed E-state index contributed by atoms with van der Waals surface area (Å²) >= 11 is 3.41. The number of nitrogens with one attached hydrogen (secondary N) is 1. The molecule has 0 fully saturated rings. The Morgan fingerprint density at radius 2 is 1.89 bits per heavy atom. The van der Waals surface area contributed by atoms with Crippen molar-refractivity contribution in [3.63, 3.8) is 0 Å². The second-order valence-corrected chi connectivity index (χ2v) is 5.86.